The van der Waals surface area contributed by atoms with Gasteiger partial charge in [-0.05, 0) is 61.9 Å². The second kappa shape index (κ2) is 6.54. The van der Waals surface area contributed by atoms with Crippen LogP contribution in [0.5, 0.6) is 0 Å². The van der Waals surface area contributed by atoms with Crippen molar-refractivity contribution in [1.82, 2.24) is 10.3 Å². The van der Waals surface area contributed by atoms with Crippen LogP contribution in [0.3, 0.4) is 0 Å². The Bertz CT molecular complexity index is 611. The lowest BCUT2D eigenvalue weighted by Gasteiger charge is -2.17. The number of hydrogen-bond donors (Lipinski definition) is 2. The van der Waals surface area contributed by atoms with Gasteiger partial charge in [0.2, 0.25) is 0 Å². The molecule has 3 heteroatoms. The van der Waals surface area contributed by atoms with E-state index < -0.39 is 0 Å². The van der Waals surface area contributed by atoms with E-state index >= 15 is 0 Å². The first-order valence-electron chi connectivity index (χ1n) is 7.94. The van der Waals surface area contributed by atoms with Gasteiger partial charge in [-0.2, -0.15) is 0 Å². The van der Waals surface area contributed by atoms with Crippen LogP contribution in [0.25, 0.3) is 10.9 Å². The summed E-state index contributed by atoms with van der Waals surface area (Å²) in [5.74, 6) is 1.14. The molecule has 2 aromatic rings. The van der Waals surface area contributed by atoms with Gasteiger partial charge in [0.15, 0.2) is 0 Å². The van der Waals surface area contributed by atoms with Gasteiger partial charge in [0.05, 0.1) is 5.52 Å². The maximum Gasteiger partial charge on any atom is 0.0705 e. The van der Waals surface area contributed by atoms with Crippen LogP contribution >= 0.6 is 0 Å². The van der Waals surface area contributed by atoms with Gasteiger partial charge in [0.1, 0.15) is 0 Å². The average molecular weight is 284 g/mol. The molecule has 0 spiro atoms. The van der Waals surface area contributed by atoms with Crippen LogP contribution < -0.4 is 5.32 Å². The van der Waals surface area contributed by atoms with Crippen molar-refractivity contribution in [3.05, 3.63) is 41.6 Å². The van der Waals surface area contributed by atoms with Gasteiger partial charge in [0.25, 0.3) is 0 Å². The Kier molecular flexibility index (Phi) is 4.51. The number of aromatic nitrogens is 1. The van der Waals surface area contributed by atoms with E-state index in [-0.39, 0.29) is 0 Å². The van der Waals surface area contributed by atoms with Gasteiger partial charge in [-0.3, -0.25) is 4.98 Å². The Balaban J connectivity index is 1.59. The van der Waals surface area contributed by atoms with E-state index in [4.69, 9.17) is 0 Å². The smallest absolute Gasteiger partial charge is 0.0705 e. The Morgan fingerprint density at radius 2 is 2.05 bits per heavy atom. The largest absolute Gasteiger partial charge is 0.396 e. The molecule has 1 aromatic carbocycles. The average Bonchev–Trinajstić information content (AvgIpc) is 2.95. The summed E-state index contributed by atoms with van der Waals surface area (Å²) in [5, 5.41) is 14.1. The molecule has 0 radical (unpaired) electrons. The van der Waals surface area contributed by atoms with Crippen LogP contribution in [-0.4, -0.2) is 23.2 Å². The molecule has 0 aliphatic heterocycles. The fourth-order valence-corrected chi connectivity index (χ4v) is 3.41. The van der Waals surface area contributed by atoms with Gasteiger partial charge in [-0.1, -0.05) is 18.6 Å². The molecule has 0 amide bonds. The molecule has 1 heterocycles. The highest BCUT2D eigenvalue weighted by molar-refractivity contribution is 5.79. The normalized spacial score (nSPS) is 22.0. The van der Waals surface area contributed by atoms with Crippen molar-refractivity contribution in [2.45, 2.75) is 32.7 Å². The van der Waals surface area contributed by atoms with Gasteiger partial charge in [-0.15, -0.1) is 0 Å². The summed E-state index contributed by atoms with van der Waals surface area (Å²) in [6.07, 6.45) is 3.70. The second-order valence-corrected chi connectivity index (χ2v) is 6.24. The minimum absolute atomic E-state index is 0.341. The summed E-state index contributed by atoms with van der Waals surface area (Å²) in [7, 11) is 0. The first-order valence-corrected chi connectivity index (χ1v) is 7.94. The minimum atomic E-state index is 0.341. The Hall–Kier alpha value is -1.45. The number of benzene rings is 1. The molecular formula is C18H24N2O. The van der Waals surface area contributed by atoms with Crippen LogP contribution in [0.4, 0.5) is 0 Å². The predicted molar refractivity (Wildman–Crippen MR) is 86.1 cm³/mol. The van der Waals surface area contributed by atoms with Crippen LogP contribution in [0.2, 0.25) is 0 Å². The molecule has 1 aliphatic rings. The zero-order valence-corrected chi connectivity index (χ0v) is 12.7. The molecule has 3 nitrogen and oxygen atoms in total. The number of aliphatic hydroxyl groups is 1. The maximum absolute atomic E-state index is 9.36. The van der Waals surface area contributed by atoms with E-state index in [2.05, 4.69) is 40.6 Å². The van der Waals surface area contributed by atoms with Gasteiger partial charge in [0, 0.05) is 24.2 Å². The van der Waals surface area contributed by atoms with Crippen LogP contribution in [0.1, 0.15) is 30.5 Å². The van der Waals surface area contributed by atoms with Crippen LogP contribution in [0.15, 0.2) is 30.3 Å². The highest BCUT2D eigenvalue weighted by atomic mass is 16.3. The summed E-state index contributed by atoms with van der Waals surface area (Å²) in [5.41, 5.74) is 3.42. The number of aryl methyl sites for hydroxylation is 1. The van der Waals surface area contributed by atoms with Gasteiger partial charge < -0.3 is 10.4 Å². The van der Waals surface area contributed by atoms with Crippen molar-refractivity contribution in [2.75, 3.05) is 13.2 Å². The lowest BCUT2D eigenvalue weighted by Crippen LogP contribution is -2.26. The number of rotatable bonds is 5. The molecule has 3 rings (SSSR count). The zero-order valence-electron chi connectivity index (χ0n) is 12.7. The molecule has 1 saturated carbocycles. The molecule has 1 aliphatic carbocycles. The number of nitrogens with one attached hydrogen (secondary N) is 1. The third-order valence-electron chi connectivity index (χ3n) is 4.68. The first kappa shape index (κ1) is 14.5. The van der Waals surface area contributed by atoms with E-state index in [0.717, 1.165) is 24.3 Å². The first-order chi connectivity index (χ1) is 10.3. The summed E-state index contributed by atoms with van der Waals surface area (Å²) < 4.78 is 0. The summed E-state index contributed by atoms with van der Waals surface area (Å²) in [6, 6.07) is 10.7. The summed E-state index contributed by atoms with van der Waals surface area (Å²) in [6.45, 7) is 4.26. The summed E-state index contributed by atoms with van der Waals surface area (Å²) >= 11 is 0. The minimum Gasteiger partial charge on any atom is -0.396 e. The molecule has 2 N–H and O–H groups in total. The fraction of sp³-hybridized carbons (Fsp3) is 0.500. The topological polar surface area (TPSA) is 45.1 Å². The van der Waals surface area contributed by atoms with Gasteiger partial charge >= 0.3 is 0 Å². The predicted octanol–water partition coefficient (Wildman–Crippen LogP) is 3.04. The van der Waals surface area contributed by atoms with E-state index in [1.54, 1.807) is 0 Å². The SMILES string of the molecule is Cc1ccc2cc(CNCC3CCCC3CO)ccc2n1. The molecule has 1 fully saturated rings. The third kappa shape index (κ3) is 3.42. The number of fused-ring (bicyclic) bond motifs is 1. The lowest BCUT2D eigenvalue weighted by molar-refractivity contribution is 0.192. The highest BCUT2D eigenvalue weighted by Gasteiger charge is 2.25. The molecule has 112 valence electrons. The fourth-order valence-electron chi connectivity index (χ4n) is 3.41. The second-order valence-electron chi connectivity index (χ2n) is 6.24. The summed E-state index contributed by atoms with van der Waals surface area (Å²) in [4.78, 5) is 4.53. The molecule has 0 saturated heterocycles. The highest BCUT2D eigenvalue weighted by Crippen LogP contribution is 2.30. The van der Waals surface area contributed by atoms with Crippen molar-refractivity contribution in [3.8, 4) is 0 Å². The number of pyridine rings is 1. The lowest BCUT2D eigenvalue weighted by atomic mass is 9.97. The van der Waals surface area contributed by atoms with E-state index in [0.29, 0.717) is 18.4 Å². The molecule has 2 unspecified atom stereocenters. The number of aliphatic hydroxyl groups excluding tert-OH is 1. The molecular weight excluding hydrogens is 260 g/mol. The number of hydrogen-bond acceptors (Lipinski definition) is 3. The maximum atomic E-state index is 9.36. The van der Waals surface area contributed by atoms with Crippen LogP contribution in [0, 0.1) is 18.8 Å². The quantitative estimate of drug-likeness (QED) is 0.887. The molecule has 1 aromatic heterocycles. The Labute approximate surface area is 126 Å². The Morgan fingerprint density at radius 3 is 2.90 bits per heavy atom. The van der Waals surface area contributed by atoms with Crippen molar-refractivity contribution in [1.29, 1.82) is 0 Å². The van der Waals surface area contributed by atoms with E-state index in [1.165, 1.54) is 30.2 Å². The Morgan fingerprint density at radius 1 is 1.19 bits per heavy atom. The van der Waals surface area contributed by atoms with E-state index in [9.17, 15) is 5.11 Å². The monoisotopic (exact) mass is 284 g/mol. The number of nitrogens with zero attached hydrogens (tertiary/aromatic N) is 1. The van der Waals surface area contributed by atoms with Crippen molar-refractivity contribution < 1.29 is 5.11 Å². The van der Waals surface area contributed by atoms with Gasteiger partial charge in [-0.25, -0.2) is 0 Å². The van der Waals surface area contributed by atoms with Crippen molar-refractivity contribution in [3.63, 3.8) is 0 Å². The molecule has 21 heavy (non-hydrogen) atoms. The standard InChI is InChI=1S/C18H24N2O/c1-13-5-7-15-9-14(6-8-18(15)20-13)10-19-11-16-3-2-4-17(16)12-21/h5-9,16-17,19,21H,2-4,10-12H2,1H3. The third-order valence-corrected chi connectivity index (χ3v) is 4.68. The van der Waals surface area contributed by atoms with Crippen LogP contribution in [-0.2, 0) is 6.54 Å². The molecule has 2 atom stereocenters. The zero-order chi connectivity index (χ0) is 14.7. The molecule has 0 bridgehead atoms. The van der Waals surface area contributed by atoms with Crippen molar-refractivity contribution in [2.24, 2.45) is 11.8 Å². The van der Waals surface area contributed by atoms with E-state index in [1.807, 2.05) is 6.92 Å². The van der Waals surface area contributed by atoms with Crippen molar-refractivity contribution >= 4 is 10.9 Å².